The zero-order valence-corrected chi connectivity index (χ0v) is 6.61. The Balaban J connectivity index is 2.17. The SMILES string of the molecule is CC1CCCCPC1. The van der Waals surface area contributed by atoms with Gasteiger partial charge in [0.25, 0.3) is 0 Å². The molecule has 0 bridgehead atoms. The molecule has 0 aromatic rings. The molecule has 1 rings (SSSR count). The highest BCUT2D eigenvalue weighted by molar-refractivity contribution is 7.37. The molecule has 1 aliphatic heterocycles. The number of hydrogen-bond acceptors (Lipinski definition) is 0. The summed E-state index contributed by atoms with van der Waals surface area (Å²) in [5, 5.41) is 0. The van der Waals surface area contributed by atoms with Crippen molar-refractivity contribution in [1.29, 1.82) is 0 Å². The van der Waals surface area contributed by atoms with Crippen LogP contribution in [0.1, 0.15) is 26.2 Å². The first-order chi connectivity index (χ1) is 3.89. The molecule has 0 nitrogen and oxygen atoms in total. The third kappa shape index (κ3) is 2.13. The van der Waals surface area contributed by atoms with Crippen molar-refractivity contribution in [3.05, 3.63) is 0 Å². The summed E-state index contributed by atoms with van der Waals surface area (Å²) in [4.78, 5) is 0. The minimum absolute atomic E-state index is 1.04. The molecule has 8 heavy (non-hydrogen) atoms. The Kier molecular flexibility index (Phi) is 2.83. The van der Waals surface area contributed by atoms with E-state index in [1.165, 1.54) is 40.2 Å². The van der Waals surface area contributed by atoms with E-state index >= 15 is 0 Å². The maximum atomic E-state index is 2.39. The van der Waals surface area contributed by atoms with Crippen molar-refractivity contribution in [3.8, 4) is 0 Å². The van der Waals surface area contributed by atoms with Gasteiger partial charge in [-0.05, 0) is 24.7 Å². The summed E-state index contributed by atoms with van der Waals surface area (Å²) in [6, 6.07) is 0. The summed E-state index contributed by atoms with van der Waals surface area (Å²) in [7, 11) is 1.28. The van der Waals surface area contributed by atoms with E-state index in [2.05, 4.69) is 6.92 Å². The van der Waals surface area contributed by atoms with Crippen LogP contribution in [0.2, 0.25) is 0 Å². The molecule has 0 radical (unpaired) electrons. The highest BCUT2D eigenvalue weighted by Crippen LogP contribution is 2.25. The molecule has 1 heterocycles. The molecular formula is C7H15P. The molecule has 0 amide bonds. The molecule has 2 unspecified atom stereocenters. The van der Waals surface area contributed by atoms with Gasteiger partial charge < -0.3 is 0 Å². The van der Waals surface area contributed by atoms with Crippen LogP contribution in [0.5, 0.6) is 0 Å². The third-order valence-electron chi connectivity index (χ3n) is 1.79. The fourth-order valence-corrected chi connectivity index (χ4v) is 2.59. The molecule has 0 aromatic carbocycles. The van der Waals surface area contributed by atoms with E-state index in [4.69, 9.17) is 0 Å². The summed E-state index contributed by atoms with van der Waals surface area (Å²) in [5.41, 5.74) is 0. The summed E-state index contributed by atoms with van der Waals surface area (Å²) in [5.74, 6) is 1.04. The summed E-state index contributed by atoms with van der Waals surface area (Å²) in [6.45, 7) is 2.39. The van der Waals surface area contributed by atoms with Crippen molar-refractivity contribution >= 4 is 8.58 Å². The second kappa shape index (κ2) is 3.45. The van der Waals surface area contributed by atoms with E-state index in [9.17, 15) is 0 Å². The summed E-state index contributed by atoms with van der Waals surface area (Å²) in [6.07, 6.45) is 7.52. The first-order valence-corrected chi connectivity index (χ1v) is 5.02. The van der Waals surface area contributed by atoms with Gasteiger partial charge in [-0.1, -0.05) is 19.8 Å². The molecule has 48 valence electrons. The minimum atomic E-state index is 1.04. The van der Waals surface area contributed by atoms with Crippen molar-refractivity contribution in [2.24, 2.45) is 5.92 Å². The van der Waals surface area contributed by atoms with Crippen LogP contribution < -0.4 is 0 Å². The van der Waals surface area contributed by atoms with Crippen LogP contribution in [0.25, 0.3) is 0 Å². The van der Waals surface area contributed by atoms with Gasteiger partial charge in [-0.3, -0.25) is 0 Å². The second-order valence-electron chi connectivity index (χ2n) is 2.81. The van der Waals surface area contributed by atoms with Crippen molar-refractivity contribution < 1.29 is 0 Å². The van der Waals surface area contributed by atoms with E-state index in [0.29, 0.717) is 0 Å². The Labute approximate surface area is 53.8 Å². The Morgan fingerprint density at radius 3 is 3.12 bits per heavy atom. The standard InChI is InChI=1S/C7H15P/c1-7-4-2-3-5-8-6-7/h7-8H,2-6H2,1H3. The maximum absolute atomic E-state index is 2.39. The lowest BCUT2D eigenvalue weighted by Crippen LogP contribution is -1.92. The maximum Gasteiger partial charge on any atom is -0.0328 e. The largest absolute Gasteiger partial charge is 0.122 e. The second-order valence-corrected chi connectivity index (χ2v) is 4.21. The molecule has 1 fully saturated rings. The smallest absolute Gasteiger partial charge is 0.0328 e. The highest BCUT2D eigenvalue weighted by atomic mass is 31.1. The van der Waals surface area contributed by atoms with Gasteiger partial charge >= 0.3 is 0 Å². The van der Waals surface area contributed by atoms with Crippen LogP contribution >= 0.6 is 8.58 Å². The van der Waals surface area contributed by atoms with Gasteiger partial charge in [-0.2, -0.15) is 0 Å². The van der Waals surface area contributed by atoms with E-state index < -0.39 is 0 Å². The van der Waals surface area contributed by atoms with Crippen LogP contribution in [0.4, 0.5) is 0 Å². The van der Waals surface area contributed by atoms with Crippen molar-refractivity contribution in [1.82, 2.24) is 0 Å². The molecule has 0 spiro atoms. The predicted molar refractivity (Wildman–Crippen MR) is 41.1 cm³/mol. The average molecular weight is 130 g/mol. The van der Waals surface area contributed by atoms with Gasteiger partial charge in [0.1, 0.15) is 0 Å². The fraction of sp³-hybridized carbons (Fsp3) is 1.00. The fourth-order valence-electron chi connectivity index (χ4n) is 1.19. The topological polar surface area (TPSA) is 0 Å². The van der Waals surface area contributed by atoms with Gasteiger partial charge in [-0.25, -0.2) is 0 Å². The van der Waals surface area contributed by atoms with Gasteiger partial charge in [0, 0.05) is 0 Å². The lowest BCUT2D eigenvalue weighted by molar-refractivity contribution is 0.570. The lowest BCUT2D eigenvalue weighted by atomic mass is 10.1. The molecule has 2 atom stereocenters. The number of rotatable bonds is 0. The van der Waals surface area contributed by atoms with Crippen LogP contribution in [-0.2, 0) is 0 Å². The third-order valence-corrected chi connectivity index (χ3v) is 3.49. The number of hydrogen-bond donors (Lipinski definition) is 0. The molecule has 1 aliphatic rings. The molecule has 0 aliphatic carbocycles. The Hall–Kier alpha value is 0.430. The van der Waals surface area contributed by atoms with E-state index in [1.54, 1.807) is 0 Å². The molecule has 0 saturated carbocycles. The van der Waals surface area contributed by atoms with E-state index in [0.717, 1.165) is 5.92 Å². The first kappa shape index (κ1) is 6.55. The predicted octanol–water partition coefficient (Wildman–Crippen LogP) is 2.48. The van der Waals surface area contributed by atoms with Gasteiger partial charge in [0.05, 0.1) is 0 Å². The van der Waals surface area contributed by atoms with Crippen LogP contribution in [0, 0.1) is 5.92 Å². The monoisotopic (exact) mass is 130 g/mol. The van der Waals surface area contributed by atoms with Crippen LogP contribution in [0.15, 0.2) is 0 Å². The Bertz CT molecular complexity index is 53.4. The quantitative estimate of drug-likeness (QED) is 0.442. The van der Waals surface area contributed by atoms with Gasteiger partial charge in [0.15, 0.2) is 0 Å². The minimum Gasteiger partial charge on any atom is -0.122 e. The van der Waals surface area contributed by atoms with E-state index in [1.807, 2.05) is 0 Å². The average Bonchev–Trinajstić information content (AvgIpc) is 1.94. The summed E-state index contributed by atoms with van der Waals surface area (Å²) < 4.78 is 0. The molecular weight excluding hydrogens is 115 g/mol. The molecule has 1 heteroatoms. The van der Waals surface area contributed by atoms with Gasteiger partial charge in [0.2, 0.25) is 0 Å². The van der Waals surface area contributed by atoms with E-state index in [-0.39, 0.29) is 0 Å². The lowest BCUT2D eigenvalue weighted by Gasteiger charge is -2.02. The zero-order valence-electron chi connectivity index (χ0n) is 5.61. The van der Waals surface area contributed by atoms with Crippen molar-refractivity contribution in [2.75, 3.05) is 12.3 Å². The van der Waals surface area contributed by atoms with Crippen molar-refractivity contribution in [3.63, 3.8) is 0 Å². The molecule has 0 N–H and O–H groups in total. The first-order valence-electron chi connectivity index (χ1n) is 3.60. The van der Waals surface area contributed by atoms with Gasteiger partial charge in [-0.15, -0.1) is 8.58 Å². The van der Waals surface area contributed by atoms with Crippen LogP contribution in [0.3, 0.4) is 0 Å². The van der Waals surface area contributed by atoms with Crippen LogP contribution in [-0.4, -0.2) is 12.3 Å². The zero-order chi connectivity index (χ0) is 5.82. The molecule has 0 aromatic heterocycles. The molecule has 1 saturated heterocycles. The van der Waals surface area contributed by atoms with Crippen molar-refractivity contribution in [2.45, 2.75) is 26.2 Å². The summed E-state index contributed by atoms with van der Waals surface area (Å²) >= 11 is 0. The Morgan fingerprint density at radius 1 is 1.38 bits per heavy atom. The highest BCUT2D eigenvalue weighted by Gasteiger charge is 2.04. The Morgan fingerprint density at radius 2 is 2.25 bits per heavy atom. The normalized spacial score (nSPS) is 34.9.